The van der Waals surface area contributed by atoms with Crippen molar-refractivity contribution in [1.29, 1.82) is 0 Å². The summed E-state index contributed by atoms with van der Waals surface area (Å²) in [5, 5.41) is 12.4. The van der Waals surface area contributed by atoms with Gasteiger partial charge in [-0.05, 0) is 82.3 Å². The summed E-state index contributed by atoms with van der Waals surface area (Å²) in [4.78, 5) is 16.9. The van der Waals surface area contributed by atoms with Crippen LogP contribution < -0.4 is 4.90 Å². The van der Waals surface area contributed by atoms with Crippen molar-refractivity contribution in [3.8, 4) is 11.4 Å². The molecule has 6 nitrogen and oxygen atoms in total. The molecule has 0 atom stereocenters. The molecule has 4 rings (SSSR count). The third-order valence-corrected chi connectivity index (χ3v) is 6.50. The first-order valence-electron chi connectivity index (χ1n) is 11.0. The lowest BCUT2D eigenvalue weighted by atomic mass is 10.1. The number of hydrogen-bond acceptors (Lipinski definition) is 7. The van der Waals surface area contributed by atoms with Crippen molar-refractivity contribution in [2.75, 3.05) is 11.4 Å². The van der Waals surface area contributed by atoms with Crippen LogP contribution in [0.4, 0.5) is 5.69 Å². The van der Waals surface area contributed by atoms with Gasteiger partial charge in [-0.25, -0.2) is 9.97 Å². The van der Waals surface area contributed by atoms with E-state index in [1.54, 1.807) is 31.4 Å². The van der Waals surface area contributed by atoms with Crippen LogP contribution in [0.3, 0.4) is 0 Å². The van der Waals surface area contributed by atoms with E-state index in [9.17, 15) is 5.11 Å². The molecule has 4 heterocycles. The number of rotatable bonds is 6. The van der Waals surface area contributed by atoms with Crippen molar-refractivity contribution in [2.24, 2.45) is 0 Å². The second-order valence-corrected chi connectivity index (χ2v) is 10.2. The maximum atomic E-state index is 10.3. The molecule has 0 aliphatic carbocycles. The average Bonchev–Trinajstić information content (AvgIpc) is 3.19. The molecule has 0 spiro atoms. The van der Waals surface area contributed by atoms with E-state index in [2.05, 4.69) is 71.1 Å². The number of nitrogens with zero attached hydrogens (tertiary/aromatic N) is 4. The number of pyridine rings is 1. The Morgan fingerprint density at radius 2 is 1.91 bits per heavy atom. The maximum absolute atomic E-state index is 10.3. The Morgan fingerprint density at radius 1 is 1.12 bits per heavy atom. The van der Waals surface area contributed by atoms with Crippen molar-refractivity contribution in [3.63, 3.8) is 0 Å². The molecule has 3 aromatic heterocycles. The largest absolute Gasteiger partial charge is 0.489 e. The van der Waals surface area contributed by atoms with E-state index in [1.165, 1.54) is 16.0 Å². The highest BCUT2D eigenvalue weighted by Gasteiger charge is 2.22. The number of aromatic nitrogens is 3. The molecule has 0 saturated heterocycles. The Balaban J connectivity index is 1.59. The normalized spacial score (nSPS) is 14.5. The summed E-state index contributed by atoms with van der Waals surface area (Å²) in [6, 6.07) is 6.04. The van der Waals surface area contributed by atoms with Crippen LogP contribution in [0.15, 0.2) is 59.1 Å². The van der Waals surface area contributed by atoms with Gasteiger partial charge in [-0.1, -0.05) is 0 Å². The highest BCUT2D eigenvalue weighted by molar-refractivity contribution is 7.10. The molecule has 33 heavy (non-hydrogen) atoms. The number of aliphatic hydroxyl groups is 1. The Bertz CT molecular complexity index is 1240. The highest BCUT2D eigenvalue weighted by Crippen LogP contribution is 2.32. The Labute approximate surface area is 199 Å². The average molecular weight is 463 g/mol. The van der Waals surface area contributed by atoms with Crippen molar-refractivity contribution in [1.82, 2.24) is 15.0 Å². The van der Waals surface area contributed by atoms with Gasteiger partial charge < -0.3 is 14.7 Å². The van der Waals surface area contributed by atoms with E-state index in [-0.39, 0.29) is 0 Å². The molecule has 172 valence electrons. The number of anilines is 1. The van der Waals surface area contributed by atoms with Crippen LogP contribution in [-0.2, 0) is 16.9 Å². The van der Waals surface area contributed by atoms with E-state index < -0.39 is 5.60 Å². The van der Waals surface area contributed by atoms with Gasteiger partial charge in [0.05, 0.1) is 11.4 Å². The van der Waals surface area contributed by atoms with Crippen molar-refractivity contribution in [3.05, 3.63) is 80.9 Å². The lowest BCUT2D eigenvalue weighted by molar-refractivity contribution is 0.0688. The number of thiophene rings is 1. The van der Waals surface area contributed by atoms with Crippen LogP contribution in [0.2, 0.25) is 0 Å². The summed E-state index contributed by atoms with van der Waals surface area (Å²) >= 11 is 1.74. The van der Waals surface area contributed by atoms with Crippen LogP contribution in [0.1, 0.15) is 49.5 Å². The number of ether oxygens (including phenoxy) is 1. The zero-order chi connectivity index (χ0) is 23.8. The van der Waals surface area contributed by atoms with Crippen LogP contribution in [0.25, 0.3) is 11.4 Å². The van der Waals surface area contributed by atoms with Crippen LogP contribution in [0.5, 0.6) is 0 Å². The van der Waals surface area contributed by atoms with Gasteiger partial charge in [0.1, 0.15) is 18.0 Å². The van der Waals surface area contributed by atoms with Crippen LogP contribution >= 0.6 is 11.3 Å². The lowest BCUT2D eigenvalue weighted by Gasteiger charge is -2.32. The lowest BCUT2D eigenvalue weighted by Crippen LogP contribution is -2.28. The fraction of sp³-hybridized carbons (Fsp3) is 0.346. The van der Waals surface area contributed by atoms with Gasteiger partial charge in [0.25, 0.3) is 0 Å². The number of allylic oxidation sites excluding steroid dienone is 2. The Hall–Kier alpha value is -3.03. The zero-order valence-corrected chi connectivity index (χ0v) is 20.8. The monoisotopic (exact) mass is 462 g/mol. The molecule has 1 aliphatic rings. The predicted molar refractivity (Wildman–Crippen MR) is 133 cm³/mol. The molecule has 7 heteroatoms. The fourth-order valence-corrected chi connectivity index (χ4v) is 4.44. The quantitative estimate of drug-likeness (QED) is 0.510. The van der Waals surface area contributed by atoms with E-state index in [1.807, 2.05) is 12.3 Å². The number of hydrogen-bond donors (Lipinski definition) is 1. The van der Waals surface area contributed by atoms with E-state index in [4.69, 9.17) is 4.74 Å². The summed E-state index contributed by atoms with van der Waals surface area (Å²) in [5.41, 5.74) is 5.95. The first kappa shape index (κ1) is 23.1. The summed E-state index contributed by atoms with van der Waals surface area (Å²) < 4.78 is 6.15. The second-order valence-electron chi connectivity index (χ2n) is 9.05. The fourth-order valence-electron chi connectivity index (χ4n) is 3.75. The zero-order valence-electron chi connectivity index (χ0n) is 20.0. The SMILES string of the molecule is CC1=CC(OCc2csc(C)c2)=C(C)CN1c1cc(-c2ccnc(C(C)(C)O)n2)ncc1C. The molecule has 0 bridgehead atoms. The molecular formula is C26H30N4O2S. The molecule has 0 fully saturated rings. The molecule has 0 saturated carbocycles. The third kappa shape index (κ3) is 5.15. The minimum absolute atomic E-state index is 0.374. The summed E-state index contributed by atoms with van der Waals surface area (Å²) in [6.07, 6.45) is 5.64. The summed E-state index contributed by atoms with van der Waals surface area (Å²) in [6.45, 7) is 13.1. The standard InChI is InChI=1S/C26H30N4O2S/c1-16-12-28-22(21-7-8-27-25(29-21)26(5,6)31)11-23(16)30-13-17(2)24(9-18(30)3)32-14-20-10-19(4)33-15-20/h7-12,15,31H,13-14H2,1-6H3. The van der Waals surface area contributed by atoms with Gasteiger partial charge >= 0.3 is 0 Å². The highest BCUT2D eigenvalue weighted by atomic mass is 32.1. The molecule has 1 aliphatic heterocycles. The minimum atomic E-state index is -1.12. The van der Waals surface area contributed by atoms with Gasteiger partial charge in [-0.3, -0.25) is 4.98 Å². The molecule has 0 amide bonds. The molecule has 1 N–H and O–H groups in total. The van der Waals surface area contributed by atoms with Crippen LogP contribution in [0, 0.1) is 13.8 Å². The van der Waals surface area contributed by atoms with Crippen molar-refractivity contribution < 1.29 is 9.84 Å². The first-order chi connectivity index (χ1) is 15.6. The van der Waals surface area contributed by atoms with Gasteiger partial charge in [0.2, 0.25) is 0 Å². The predicted octanol–water partition coefficient (Wildman–Crippen LogP) is 5.66. The van der Waals surface area contributed by atoms with Gasteiger partial charge in [-0.2, -0.15) is 0 Å². The molecule has 0 unspecified atom stereocenters. The van der Waals surface area contributed by atoms with Crippen molar-refractivity contribution in [2.45, 2.75) is 53.8 Å². The summed E-state index contributed by atoms with van der Waals surface area (Å²) in [7, 11) is 0. The van der Waals surface area contributed by atoms with Gasteiger partial charge in [0.15, 0.2) is 5.82 Å². The smallest absolute Gasteiger partial charge is 0.160 e. The molecular weight excluding hydrogens is 432 g/mol. The van der Waals surface area contributed by atoms with Crippen LogP contribution in [-0.4, -0.2) is 26.6 Å². The van der Waals surface area contributed by atoms with E-state index in [0.29, 0.717) is 18.1 Å². The Kier molecular flexibility index (Phi) is 6.36. The van der Waals surface area contributed by atoms with Gasteiger partial charge in [0, 0.05) is 40.8 Å². The minimum Gasteiger partial charge on any atom is -0.489 e. The molecule has 0 aromatic carbocycles. The third-order valence-electron chi connectivity index (χ3n) is 5.59. The van der Waals surface area contributed by atoms with Gasteiger partial charge in [-0.15, -0.1) is 11.3 Å². The summed E-state index contributed by atoms with van der Waals surface area (Å²) in [5.74, 6) is 1.31. The van der Waals surface area contributed by atoms with E-state index in [0.717, 1.165) is 34.9 Å². The second kappa shape index (κ2) is 9.08. The maximum Gasteiger partial charge on any atom is 0.160 e. The molecule has 3 aromatic rings. The van der Waals surface area contributed by atoms with Crippen molar-refractivity contribution >= 4 is 17.0 Å². The first-order valence-corrected chi connectivity index (χ1v) is 11.8. The number of aryl methyl sites for hydroxylation is 2. The van der Waals surface area contributed by atoms with E-state index >= 15 is 0 Å². The Morgan fingerprint density at radius 3 is 2.61 bits per heavy atom. The molecule has 0 radical (unpaired) electrons. The topological polar surface area (TPSA) is 71.4 Å².